The molecule has 0 saturated heterocycles. The summed E-state index contributed by atoms with van der Waals surface area (Å²) < 4.78 is 5.48. The number of nitrogens with zero attached hydrogens (tertiary/aromatic N) is 1. The minimum absolute atomic E-state index is 0.0815. The highest BCUT2D eigenvalue weighted by Gasteiger charge is 2.05. The van der Waals surface area contributed by atoms with Crippen molar-refractivity contribution in [1.82, 2.24) is 5.43 Å². The van der Waals surface area contributed by atoms with Crippen LogP contribution in [0.25, 0.3) is 0 Å². The monoisotopic (exact) mass is 358 g/mol. The Labute approximate surface area is 153 Å². The van der Waals surface area contributed by atoms with Gasteiger partial charge < -0.3 is 4.74 Å². The SMILES string of the molecule is CCC[C@@H](C)c1ccc(OCC(=O)N/N=C\c2ccc(Cl)cc2)cc1. The molecule has 1 amide bonds. The molecule has 2 aromatic rings. The zero-order valence-electron chi connectivity index (χ0n) is 14.5. The predicted octanol–water partition coefficient (Wildman–Crippen LogP) is 4.77. The lowest BCUT2D eigenvalue weighted by molar-refractivity contribution is -0.123. The molecule has 1 N–H and O–H groups in total. The van der Waals surface area contributed by atoms with Crippen molar-refractivity contribution in [2.75, 3.05) is 6.61 Å². The van der Waals surface area contributed by atoms with Crippen molar-refractivity contribution < 1.29 is 9.53 Å². The molecule has 1 atom stereocenters. The maximum atomic E-state index is 11.8. The standard InChI is InChI=1S/C20H23ClN2O2/c1-3-4-15(2)17-7-11-19(12-8-17)25-14-20(24)23-22-13-16-5-9-18(21)10-6-16/h5-13,15H,3-4,14H2,1-2H3,(H,23,24)/b22-13-/t15-/m1/s1. The van der Waals surface area contributed by atoms with Gasteiger partial charge in [-0.15, -0.1) is 0 Å². The number of carbonyl (C=O) groups excluding carboxylic acids is 1. The Morgan fingerprint density at radius 2 is 1.88 bits per heavy atom. The molecule has 0 aliphatic heterocycles. The number of rotatable bonds is 8. The minimum Gasteiger partial charge on any atom is -0.484 e. The molecule has 0 fully saturated rings. The zero-order chi connectivity index (χ0) is 18.1. The van der Waals surface area contributed by atoms with E-state index in [0.29, 0.717) is 16.7 Å². The molecule has 2 aromatic carbocycles. The maximum absolute atomic E-state index is 11.8. The summed E-state index contributed by atoms with van der Waals surface area (Å²) >= 11 is 5.81. The summed E-state index contributed by atoms with van der Waals surface area (Å²) in [7, 11) is 0. The van der Waals surface area contributed by atoms with Gasteiger partial charge in [-0.25, -0.2) is 5.43 Å². The molecule has 0 heterocycles. The number of nitrogens with one attached hydrogen (secondary N) is 1. The molecular formula is C20H23ClN2O2. The van der Waals surface area contributed by atoms with Gasteiger partial charge in [0.25, 0.3) is 5.91 Å². The van der Waals surface area contributed by atoms with Crippen molar-refractivity contribution in [3.8, 4) is 5.75 Å². The number of hydrogen-bond acceptors (Lipinski definition) is 3. The van der Waals surface area contributed by atoms with Gasteiger partial charge in [-0.1, -0.05) is 56.1 Å². The number of hydrazone groups is 1. The first-order valence-electron chi connectivity index (χ1n) is 8.38. The predicted molar refractivity (Wildman–Crippen MR) is 102 cm³/mol. The molecule has 0 aliphatic carbocycles. The van der Waals surface area contributed by atoms with Crippen molar-refractivity contribution >= 4 is 23.7 Å². The van der Waals surface area contributed by atoms with E-state index in [2.05, 4.69) is 24.4 Å². The Balaban J connectivity index is 1.76. The number of halogens is 1. The maximum Gasteiger partial charge on any atom is 0.277 e. The van der Waals surface area contributed by atoms with Crippen LogP contribution in [0.5, 0.6) is 5.75 Å². The Morgan fingerprint density at radius 1 is 1.20 bits per heavy atom. The normalized spacial score (nSPS) is 12.1. The fraction of sp³-hybridized carbons (Fsp3) is 0.300. The summed E-state index contributed by atoms with van der Waals surface area (Å²) in [4.78, 5) is 11.8. The minimum atomic E-state index is -0.311. The van der Waals surface area contributed by atoms with Crippen LogP contribution in [0.15, 0.2) is 53.6 Å². The molecule has 4 nitrogen and oxygen atoms in total. The molecule has 2 rings (SSSR count). The van der Waals surface area contributed by atoms with Crippen molar-refractivity contribution in [3.05, 3.63) is 64.7 Å². The van der Waals surface area contributed by atoms with Crippen LogP contribution in [0.2, 0.25) is 5.02 Å². The Morgan fingerprint density at radius 3 is 2.52 bits per heavy atom. The first-order valence-corrected chi connectivity index (χ1v) is 8.76. The second kappa shape index (κ2) is 9.84. The van der Waals surface area contributed by atoms with Crippen molar-refractivity contribution in [2.45, 2.75) is 32.6 Å². The fourth-order valence-electron chi connectivity index (χ4n) is 2.40. The first kappa shape index (κ1) is 19.0. The number of ether oxygens (including phenoxy) is 1. The van der Waals surface area contributed by atoms with Crippen LogP contribution in [-0.2, 0) is 4.79 Å². The smallest absolute Gasteiger partial charge is 0.277 e. The third-order valence-electron chi connectivity index (χ3n) is 3.81. The van der Waals surface area contributed by atoms with E-state index in [-0.39, 0.29) is 12.5 Å². The molecular weight excluding hydrogens is 336 g/mol. The second-order valence-electron chi connectivity index (χ2n) is 5.89. The van der Waals surface area contributed by atoms with Gasteiger partial charge in [-0.3, -0.25) is 4.79 Å². The van der Waals surface area contributed by atoms with E-state index in [1.165, 1.54) is 5.56 Å². The lowest BCUT2D eigenvalue weighted by Crippen LogP contribution is -2.24. The largest absolute Gasteiger partial charge is 0.484 e. The third-order valence-corrected chi connectivity index (χ3v) is 4.07. The highest BCUT2D eigenvalue weighted by Crippen LogP contribution is 2.22. The molecule has 0 aliphatic rings. The van der Waals surface area contributed by atoms with Crippen LogP contribution in [0.4, 0.5) is 0 Å². The van der Waals surface area contributed by atoms with Gasteiger partial charge in [-0.2, -0.15) is 5.10 Å². The number of hydrogen-bond donors (Lipinski definition) is 1. The molecule has 132 valence electrons. The summed E-state index contributed by atoms with van der Waals surface area (Å²) in [6.07, 6.45) is 3.88. The zero-order valence-corrected chi connectivity index (χ0v) is 15.3. The molecule has 0 spiro atoms. The quantitative estimate of drug-likeness (QED) is 0.545. The molecule has 5 heteroatoms. The van der Waals surface area contributed by atoms with Crippen LogP contribution < -0.4 is 10.2 Å². The molecule has 0 saturated carbocycles. The Bertz CT molecular complexity index is 697. The van der Waals surface area contributed by atoms with Crippen LogP contribution in [0.3, 0.4) is 0 Å². The van der Waals surface area contributed by atoms with E-state index < -0.39 is 0 Å². The summed E-state index contributed by atoms with van der Waals surface area (Å²) in [5, 5.41) is 4.55. The summed E-state index contributed by atoms with van der Waals surface area (Å²) in [6.45, 7) is 4.31. The van der Waals surface area contributed by atoms with Gasteiger partial charge in [0.05, 0.1) is 6.21 Å². The van der Waals surface area contributed by atoms with E-state index >= 15 is 0 Å². The topological polar surface area (TPSA) is 50.7 Å². The number of benzene rings is 2. The summed E-state index contributed by atoms with van der Waals surface area (Å²) in [5.41, 5.74) is 4.57. The first-order chi connectivity index (χ1) is 12.1. The Kier molecular flexibility index (Phi) is 7.48. The van der Waals surface area contributed by atoms with Crippen molar-refractivity contribution in [1.29, 1.82) is 0 Å². The number of amides is 1. The third kappa shape index (κ3) is 6.59. The average molecular weight is 359 g/mol. The van der Waals surface area contributed by atoms with Gasteiger partial charge in [0, 0.05) is 5.02 Å². The number of carbonyl (C=O) groups is 1. The van der Waals surface area contributed by atoms with Crippen molar-refractivity contribution in [2.24, 2.45) is 5.10 Å². The molecule has 0 aromatic heterocycles. The lowest BCUT2D eigenvalue weighted by Gasteiger charge is -2.11. The second-order valence-corrected chi connectivity index (χ2v) is 6.33. The van der Waals surface area contributed by atoms with E-state index in [4.69, 9.17) is 16.3 Å². The molecule has 25 heavy (non-hydrogen) atoms. The lowest BCUT2D eigenvalue weighted by atomic mass is 9.97. The van der Waals surface area contributed by atoms with Crippen molar-refractivity contribution in [3.63, 3.8) is 0 Å². The Hall–Kier alpha value is -2.33. The van der Waals surface area contributed by atoms with Gasteiger partial charge >= 0.3 is 0 Å². The highest BCUT2D eigenvalue weighted by atomic mass is 35.5. The van der Waals surface area contributed by atoms with Gasteiger partial charge in [0.15, 0.2) is 6.61 Å². The van der Waals surface area contributed by atoms with Crippen LogP contribution in [0, 0.1) is 0 Å². The summed E-state index contributed by atoms with van der Waals surface area (Å²) in [6, 6.07) is 15.0. The van der Waals surface area contributed by atoms with Gasteiger partial charge in [0.1, 0.15) is 5.75 Å². The van der Waals surface area contributed by atoms with Crippen LogP contribution in [0.1, 0.15) is 43.7 Å². The van der Waals surface area contributed by atoms with E-state index in [0.717, 1.165) is 18.4 Å². The highest BCUT2D eigenvalue weighted by molar-refractivity contribution is 6.30. The molecule has 0 unspecified atom stereocenters. The average Bonchev–Trinajstić information content (AvgIpc) is 2.62. The molecule has 0 bridgehead atoms. The fourth-order valence-corrected chi connectivity index (χ4v) is 2.53. The van der Waals surface area contributed by atoms with Crippen LogP contribution in [-0.4, -0.2) is 18.7 Å². The van der Waals surface area contributed by atoms with Gasteiger partial charge in [0.2, 0.25) is 0 Å². The van der Waals surface area contributed by atoms with E-state index in [1.807, 2.05) is 36.4 Å². The molecule has 0 radical (unpaired) electrons. The summed E-state index contributed by atoms with van der Waals surface area (Å²) in [5.74, 6) is 0.891. The van der Waals surface area contributed by atoms with E-state index in [9.17, 15) is 4.79 Å². The van der Waals surface area contributed by atoms with Gasteiger partial charge in [-0.05, 0) is 47.7 Å². The van der Waals surface area contributed by atoms with E-state index in [1.54, 1.807) is 18.3 Å². The van der Waals surface area contributed by atoms with Crippen LogP contribution >= 0.6 is 11.6 Å².